The molecule has 1 aromatic rings. The maximum absolute atomic E-state index is 11.7. The highest BCUT2D eigenvalue weighted by molar-refractivity contribution is 6.29. The maximum atomic E-state index is 11.7. The van der Waals surface area contributed by atoms with Crippen molar-refractivity contribution in [1.29, 1.82) is 0 Å². The second-order valence-electron chi connectivity index (χ2n) is 4.78. The quantitative estimate of drug-likeness (QED) is 0.470. The van der Waals surface area contributed by atoms with Crippen molar-refractivity contribution in [3.8, 4) is 0 Å². The molecule has 0 fully saturated rings. The van der Waals surface area contributed by atoms with Crippen molar-refractivity contribution in [3.63, 3.8) is 0 Å². The molecule has 1 aromatic heterocycles. The second kappa shape index (κ2) is 9.04. The molecule has 120 valence electrons. The lowest BCUT2D eigenvalue weighted by molar-refractivity contribution is -0.142. The summed E-state index contributed by atoms with van der Waals surface area (Å²) in [6.45, 7) is 5.18. The van der Waals surface area contributed by atoms with Crippen molar-refractivity contribution in [3.05, 3.63) is 40.8 Å². The fraction of sp³-hybridized carbons (Fsp3) is 0.400. The average Bonchev–Trinajstić information content (AvgIpc) is 2.42. The molecule has 0 amide bonds. The zero-order valence-electron chi connectivity index (χ0n) is 12.8. The van der Waals surface area contributed by atoms with Gasteiger partial charge in [0.05, 0.1) is 11.8 Å². The Morgan fingerprint density at radius 3 is 2.68 bits per heavy atom. The Morgan fingerprint density at radius 2 is 2.14 bits per heavy atom. The molecule has 0 aliphatic rings. The van der Waals surface area contributed by atoms with Crippen LogP contribution in [0.4, 0.5) is 0 Å². The summed E-state index contributed by atoms with van der Waals surface area (Å²) in [7, 11) is 0. The minimum absolute atomic E-state index is 0.0381. The second-order valence-corrected chi connectivity index (χ2v) is 5.17. The zero-order valence-corrected chi connectivity index (χ0v) is 13.5. The first-order valence-corrected chi connectivity index (χ1v) is 7.13. The van der Waals surface area contributed by atoms with Gasteiger partial charge in [0.25, 0.3) is 0 Å². The van der Waals surface area contributed by atoms with Crippen LogP contribution < -0.4 is 5.32 Å². The molecule has 0 aromatic carbocycles. The minimum Gasteiger partial charge on any atom is -0.460 e. The Labute approximate surface area is 134 Å². The van der Waals surface area contributed by atoms with E-state index < -0.39 is 11.9 Å². The van der Waals surface area contributed by atoms with Crippen LogP contribution >= 0.6 is 11.6 Å². The van der Waals surface area contributed by atoms with Gasteiger partial charge in [-0.25, -0.2) is 9.78 Å². The fourth-order valence-corrected chi connectivity index (χ4v) is 1.57. The number of nitrogens with zero attached hydrogens (tertiary/aromatic N) is 1. The van der Waals surface area contributed by atoms with Gasteiger partial charge in [-0.15, -0.1) is 0 Å². The van der Waals surface area contributed by atoms with Crippen molar-refractivity contribution >= 4 is 23.5 Å². The summed E-state index contributed by atoms with van der Waals surface area (Å²) in [5.41, 5.74) is 1.31. The summed E-state index contributed by atoms with van der Waals surface area (Å²) in [6, 6.07) is 3.47. The molecular weight excluding hydrogens is 308 g/mol. The first kappa shape index (κ1) is 18.0. The average molecular weight is 327 g/mol. The number of esters is 2. The number of rotatable bonds is 7. The zero-order chi connectivity index (χ0) is 16.5. The van der Waals surface area contributed by atoms with Gasteiger partial charge in [0.15, 0.2) is 0 Å². The first-order valence-electron chi connectivity index (χ1n) is 6.75. The summed E-state index contributed by atoms with van der Waals surface area (Å²) in [6.07, 6.45) is 2.66. The van der Waals surface area contributed by atoms with Crippen LogP contribution in [-0.4, -0.2) is 29.6 Å². The largest absolute Gasteiger partial charge is 0.460 e. The number of ether oxygens (including phenoxy) is 2. The third-order valence-electron chi connectivity index (χ3n) is 2.38. The van der Waals surface area contributed by atoms with Gasteiger partial charge in [-0.05, 0) is 25.5 Å². The summed E-state index contributed by atoms with van der Waals surface area (Å²) in [4.78, 5) is 26.5. The molecule has 0 aliphatic carbocycles. The molecule has 0 saturated carbocycles. The van der Waals surface area contributed by atoms with Crippen LogP contribution in [0.25, 0.3) is 0 Å². The van der Waals surface area contributed by atoms with E-state index in [0.717, 1.165) is 5.56 Å². The molecule has 1 N–H and O–H groups in total. The van der Waals surface area contributed by atoms with Gasteiger partial charge >= 0.3 is 11.9 Å². The molecular formula is C15H19ClN2O4. The van der Waals surface area contributed by atoms with E-state index in [1.165, 1.54) is 13.0 Å². The normalized spacial score (nSPS) is 11.2. The number of nitrogens with one attached hydrogen (secondary N) is 1. The summed E-state index contributed by atoms with van der Waals surface area (Å²) in [5.74, 6) is -0.933. The Morgan fingerprint density at radius 1 is 1.41 bits per heavy atom. The number of hydrogen-bond acceptors (Lipinski definition) is 6. The van der Waals surface area contributed by atoms with E-state index in [4.69, 9.17) is 21.1 Å². The Hall–Kier alpha value is -2.08. The molecule has 6 nitrogen and oxygen atoms in total. The van der Waals surface area contributed by atoms with Crippen LogP contribution in [0.15, 0.2) is 30.1 Å². The van der Waals surface area contributed by atoms with Crippen molar-refractivity contribution in [2.75, 3.05) is 6.61 Å². The van der Waals surface area contributed by atoms with E-state index in [-0.39, 0.29) is 12.7 Å². The third kappa shape index (κ3) is 7.64. The SMILES string of the molecule is CC(=O)OC/C(=C\C(=O)OC(C)C)NCc1ccc(Cl)nc1. The van der Waals surface area contributed by atoms with Gasteiger partial charge in [-0.3, -0.25) is 4.79 Å². The lowest BCUT2D eigenvalue weighted by Crippen LogP contribution is -2.21. The van der Waals surface area contributed by atoms with E-state index in [2.05, 4.69) is 10.3 Å². The number of aromatic nitrogens is 1. The van der Waals surface area contributed by atoms with Crippen molar-refractivity contribution in [1.82, 2.24) is 10.3 Å². The predicted octanol–water partition coefficient (Wildman–Crippen LogP) is 2.22. The summed E-state index contributed by atoms with van der Waals surface area (Å²) < 4.78 is 9.93. The number of carbonyl (C=O) groups is 2. The Bertz CT molecular complexity index is 541. The molecule has 7 heteroatoms. The highest BCUT2D eigenvalue weighted by Crippen LogP contribution is 2.06. The first-order chi connectivity index (χ1) is 10.4. The maximum Gasteiger partial charge on any atom is 0.332 e. The molecule has 0 aliphatic heterocycles. The van der Waals surface area contributed by atoms with Crippen LogP contribution in [0.3, 0.4) is 0 Å². The van der Waals surface area contributed by atoms with Crippen LogP contribution in [0, 0.1) is 0 Å². The lowest BCUT2D eigenvalue weighted by Gasteiger charge is -2.12. The van der Waals surface area contributed by atoms with Crippen molar-refractivity contribution in [2.24, 2.45) is 0 Å². The van der Waals surface area contributed by atoms with E-state index in [1.54, 1.807) is 32.2 Å². The number of halogens is 1. The smallest absolute Gasteiger partial charge is 0.332 e. The number of pyridine rings is 1. The number of hydrogen-bond donors (Lipinski definition) is 1. The van der Waals surface area contributed by atoms with E-state index in [9.17, 15) is 9.59 Å². The van der Waals surface area contributed by atoms with Crippen LogP contribution in [0.2, 0.25) is 5.15 Å². The van der Waals surface area contributed by atoms with Gasteiger partial charge < -0.3 is 14.8 Å². The molecule has 0 bridgehead atoms. The molecule has 0 radical (unpaired) electrons. The Balaban J connectivity index is 2.68. The van der Waals surface area contributed by atoms with E-state index in [0.29, 0.717) is 17.4 Å². The number of carbonyl (C=O) groups excluding carboxylic acids is 2. The van der Waals surface area contributed by atoms with Gasteiger partial charge in [-0.1, -0.05) is 17.7 Å². The molecule has 0 saturated heterocycles. The van der Waals surface area contributed by atoms with Gasteiger partial charge in [0, 0.05) is 25.7 Å². The topological polar surface area (TPSA) is 77.5 Å². The Kier molecular flexibility index (Phi) is 7.39. The van der Waals surface area contributed by atoms with Crippen molar-refractivity contribution < 1.29 is 19.1 Å². The van der Waals surface area contributed by atoms with Gasteiger partial charge in [0.1, 0.15) is 11.8 Å². The minimum atomic E-state index is -0.501. The summed E-state index contributed by atoms with van der Waals surface area (Å²) >= 11 is 5.71. The van der Waals surface area contributed by atoms with E-state index >= 15 is 0 Å². The third-order valence-corrected chi connectivity index (χ3v) is 2.61. The van der Waals surface area contributed by atoms with Gasteiger partial charge in [0.2, 0.25) is 0 Å². The van der Waals surface area contributed by atoms with Gasteiger partial charge in [-0.2, -0.15) is 0 Å². The van der Waals surface area contributed by atoms with Crippen molar-refractivity contribution in [2.45, 2.75) is 33.4 Å². The monoisotopic (exact) mass is 326 g/mol. The molecule has 0 spiro atoms. The summed E-state index contributed by atoms with van der Waals surface area (Å²) in [5, 5.41) is 3.42. The highest BCUT2D eigenvalue weighted by atomic mass is 35.5. The van der Waals surface area contributed by atoms with Crippen LogP contribution in [0.5, 0.6) is 0 Å². The van der Waals surface area contributed by atoms with Crippen LogP contribution in [0.1, 0.15) is 26.3 Å². The lowest BCUT2D eigenvalue weighted by atomic mass is 10.3. The molecule has 0 atom stereocenters. The fourth-order valence-electron chi connectivity index (χ4n) is 1.46. The van der Waals surface area contributed by atoms with E-state index in [1.807, 2.05) is 0 Å². The molecule has 1 heterocycles. The molecule has 22 heavy (non-hydrogen) atoms. The standard InChI is InChI=1S/C15H19ClN2O4/c1-10(2)22-15(20)6-13(9-21-11(3)19)17-7-12-4-5-14(16)18-8-12/h4-6,8,10,17H,7,9H2,1-3H3/b13-6+. The molecule has 0 unspecified atom stereocenters. The molecule has 1 rings (SSSR count). The highest BCUT2D eigenvalue weighted by Gasteiger charge is 2.07. The predicted molar refractivity (Wildman–Crippen MR) is 82.0 cm³/mol. The van der Waals surface area contributed by atoms with Crippen LogP contribution in [-0.2, 0) is 25.6 Å².